The van der Waals surface area contributed by atoms with Crippen molar-refractivity contribution in [1.29, 1.82) is 0 Å². The zero-order valence-corrected chi connectivity index (χ0v) is 6.10. The van der Waals surface area contributed by atoms with E-state index in [2.05, 4.69) is 0 Å². The fourth-order valence-electron chi connectivity index (χ4n) is 0.680. The zero-order chi connectivity index (χ0) is 10.6. The molecule has 0 heterocycles. The molecule has 0 aliphatic carbocycles. The lowest BCUT2D eigenvalue weighted by Crippen LogP contribution is -2.38. The van der Waals surface area contributed by atoms with E-state index in [1.165, 1.54) is 0 Å². The second kappa shape index (κ2) is 4.50. The average Bonchev–Trinajstić information content (AvgIpc) is 1.82. The van der Waals surface area contributed by atoms with Gasteiger partial charge in [0.05, 0.1) is 12.4 Å². The van der Waals surface area contributed by atoms with E-state index in [1.54, 1.807) is 0 Å². The summed E-state index contributed by atoms with van der Waals surface area (Å²) in [6.07, 6.45) is -12.0. The van der Waals surface area contributed by atoms with Gasteiger partial charge in [-0.25, -0.2) is 13.2 Å². The van der Waals surface area contributed by atoms with Gasteiger partial charge in [-0.15, -0.1) is 0 Å². The maximum atomic E-state index is 11.7. The van der Waals surface area contributed by atoms with E-state index in [9.17, 15) is 26.3 Å². The van der Waals surface area contributed by atoms with Crippen molar-refractivity contribution in [2.24, 2.45) is 5.92 Å². The van der Waals surface area contributed by atoms with Crippen LogP contribution in [0, 0.1) is 5.92 Å². The predicted octanol–water partition coefficient (Wildman–Crippen LogP) is 2.27. The smallest absolute Gasteiger partial charge is 0.388 e. The first kappa shape index (κ1) is 12.3. The molecule has 0 saturated heterocycles. The van der Waals surface area contributed by atoms with Crippen molar-refractivity contribution in [3.05, 3.63) is 12.4 Å². The number of hydrogen-bond donors (Lipinski definition) is 1. The van der Waals surface area contributed by atoms with Gasteiger partial charge in [0.1, 0.15) is 5.92 Å². The van der Waals surface area contributed by atoms with Gasteiger partial charge in [-0.05, 0) is 6.08 Å². The highest BCUT2D eigenvalue weighted by Crippen LogP contribution is 2.34. The first-order valence-electron chi connectivity index (χ1n) is 3.10. The lowest BCUT2D eigenvalue weighted by molar-refractivity contribution is -0.226. The minimum atomic E-state index is -5.26. The van der Waals surface area contributed by atoms with Gasteiger partial charge in [-0.3, -0.25) is 0 Å². The first-order chi connectivity index (χ1) is 5.80. The normalized spacial score (nSPS) is 18.2. The van der Waals surface area contributed by atoms with Crippen LogP contribution in [-0.2, 0) is 0 Å². The quantitative estimate of drug-likeness (QED) is 0.705. The third-order valence-corrected chi connectivity index (χ3v) is 1.29. The molecule has 7 heteroatoms. The molecular formula is C6H6F6O. The lowest BCUT2D eigenvalue weighted by atomic mass is 10.0. The van der Waals surface area contributed by atoms with Gasteiger partial charge >= 0.3 is 6.18 Å². The molecule has 13 heavy (non-hydrogen) atoms. The van der Waals surface area contributed by atoms with Crippen LogP contribution in [-0.4, -0.2) is 23.8 Å². The molecule has 78 valence electrons. The largest absolute Gasteiger partial charge is 0.400 e. The number of halogens is 6. The van der Waals surface area contributed by atoms with E-state index < -0.39 is 31.0 Å². The Morgan fingerprint density at radius 2 is 1.62 bits per heavy atom. The molecule has 0 fully saturated rings. The minimum Gasteiger partial charge on any atom is -0.388 e. The van der Waals surface area contributed by atoms with Crippen molar-refractivity contribution in [1.82, 2.24) is 0 Å². The number of alkyl halides is 5. The molecule has 0 bridgehead atoms. The van der Waals surface area contributed by atoms with Gasteiger partial charge in [0.2, 0.25) is 0 Å². The lowest BCUT2D eigenvalue weighted by Gasteiger charge is -2.21. The summed E-state index contributed by atoms with van der Waals surface area (Å²) < 4.78 is 70.0. The first-order valence-corrected chi connectivity index (χ1v) is 3.10. The van der Waals surface area contributed by atoms with E-state index in [-0.39, 0.29) is 6.08 Å². The van der Waals surface area contributed by atoms with Crippen LogP contribution in [0.1, 0.15) is 0 Å². The molecule has 0 saturated carbocycles. The predicted molar refractivity (Wildman–Crippen MR) is 31.8 cm³/mol. The van der Waals surface area contributed by atoms with Gasteiger partial charge in [0.25, 0.3) is 6.43 Å². The summed E-state index contributed by atoms with van der Waals surface area (Å²) in [5.74, 6) is -3.25. The van der Waals surface area contributed by atoms with Crippen molar-refractivity contribution in [2.45, 2.75) is 18.7 Å². The van der Waals surface area contributed by atoms with Gasteiger partial charge in [0, 0.05) is 0 Å². The van der Waals surface area contributed by atoms with Gasteiger partial charge in [-0.1, -0.05) is 0 Å². The Morgan fingerprint density at radius 3 is 1.85 bits per heavy atom. The summed E-state index contributed by atoms with van der Waals surface area (Å²) in [6.45, 7) is 0. The topological polar surface area (TPSA) is 20.2 Å². The highest BCUT2D eigenvalue weighted by Gasteiger charge is 2.49. The fraction of sp³-hybridized carbons (Fsp3) is 0.667. The third kappa shape index (κ3) is 3.67. The van der Waals surface area contributed by atoms with Gasteiger partial charge in [0.15, 0.2) is 0 Å². The van der Waals surface area contributed by atoms with Crippen molar-refractivity contribution >= 4 is 0 Å². The Morgan fingerprint density at radius 1 is 1.15 bits per heavy atom. The van der Waals surface area contributed by atoms with Gasteiger partial charge < -0.3 is 5.11 Å². The molecule has 0 aromatic carbocycles. The molecule has 0 amide bonds. The Hall–Kier alpha value is -0.720. The van der Waals surface area contributed by atoms with Crippen LogP contribution in [0.25, 0.3) is 0 Å². The molecule has 1 N–H and O–H groups in total. The summed E-state index contributed by atoms with van der Waals surface area (Å²) in [4.78, 5) is 0. The number of aliphatic hydroxyl groups is 1. The SMILES string of the molecule is OC(/C=C/F)C(C(F)F)C(F)(F)F. The number of aliphatic hydroxyl groups excluding tert-OH is 1. The second-order valence-electron chi connectivity index (χ2n) is 2.21. The van der Waals surface area contributed by atoms with Crippen LogP contribution in [0.15, 0.2) is 12.4 Å². The summed E-state index contributed by atoms with van der Waals surface area (Å²) in [7, 11) is 0. The number of rotatable bonds is 3. The highest BCUT2D eigenvalue weighted by atomic mass is 19.4. The Labute approximate surface area is 69.7 Å². The molecule has 0 aromatic heterocycles. The molecule has 0 rings (SSSR count). The van der Waals surface area contributed by atoms with Crippen molar-refractivity contribution in [3.63, 3.8) is 0 Å². The number of hydrogen-bond acceptors (Lipinski definition) is 1. The summed E-state index contributed by atoms with van der Waals surface area (Å²) >= 11 is 0. The van der Waals surface area contributed by atoms with E-state index >= 15 is 0 Å². The second-order valence-corrected chi connectivity index (χ2v) is 2.21. The fourth-order valence-corrected chi connectivity index (χ4v) is 0.680. The van der Waals surface area contributed by atoms with Crippen molar-refractivity contribution < 1.29 is 31.4 Å². The summed E-state index contributed by atoms with van der Waals surface area (Å²) in [5.41, 5.74) is 0. The van der Waals surface area contributed by atoms with Crippen LogP contribution >= 0.6 is 0 Å². The maximum absolute atomic E-state index is 11.7. The van der Waals surface area contributed by atoms with Gasteiger partial charge in [-0.2, -0.15) is 13.2 Å². The van der Waals surface area contributed by atoms with Crippen molar-refractivity contribution in [2.75, 3.05) is 0 Å². The molecule has 0 spiro atoms. The Bertz CT molecular complexity index is 174. The molecule has 2 unspecified atom stereocenters. The molecular weight excluding hydrogens is 202 g/mol. The van der Waals surface area contributed by atoms with E-state index in [0.717, 1.165) is 0 Å². The molecule has 0 aliphatic rings. The Kier molecular flexibility index (Phi) is 4.25. The molecule has 0 radical (unpaired) electrons. The van der Waals surface area contributed by atoms with E-state index in [0.29, 0.717) is 0 Å². The van der Waals surface area contributed by atoms with Crippen LogP contribution < -0.4 is 0 Å². The van der Waals surface area contributed by atoms with Crippen LogP contribution in [0.4, 0.5) is 26.3 Å². The maximum Gasteiger partial charge on any atom is 0.400 e. The van der Waals surface area contributed by atoms with Crippen LogP contribution in [0.5, 0.6) is 0 Å². The van der Waals surface area contributed by atoms with E-state index in [1.807, 2.05) is 0 Å². The Balaban J connectivity index is 4.61. The van der Waals surface area contributed by atoms with Crippen LogP contribution in [0.3, 0.4) is 0 Å². The minimum absolute atomic E-state index is 0.0182. The molecule has 1 nitrogen and oxygen atoms in total. The molecule has 0 aliphatic heterocycles. The van der Waals surface area contributed by atoms with Crippen molar-refractivity contribution in [3.8, 4) is 0 Å². The van der Waals surface area contributed by atoms with E-state index in [4.69, 9.17) is 5.11 Å². The third-order valence-electron chi connectivity index (χ3n) is 1.29. The highest BCUT2D eigenvalue weighted by molar-refractivity contribution is 4.91. The zero-order valence-electron chi connectivity index (χ0n) is 6.10. The molecule has 0 aromatic rings. The summed E-state index contributed by atoms with van der Waals surface area (Å²) in [6, 6.07) is 0. The average molecular weight is 208 g/mol. The summed E-state index contributed by atoms with van der Waals surface area (Å²) in [5, 5.41) is 8.49. The molecule has 2 atom stereocenters. The standard InChI is InChI=1S/C6H6F6O/c7-2-1-3(13)4(5(8)9)6(10,11)12/h1-5,13H/b2-1+. The monoisotopic (exact) mass is 208 g/mol. The van der Waals surface area contributed by atoms with Crippen LogP contribution in [0.2, 0.25) is 0 Å².